The molecule has 0 radical (unpaired) electrons. The van der Waals surface area contributed by atoms with Crippen LogP contribution < -0.4 is 15.2 Å². The van der Waals surface area contributed by atoms with Crippen molar-refractivity contribution in [2.75, 3.05) is 24.4 Å². The number of hydrogen-bond donors (Lipinski definition) is 2. The number of nitrogens with zero attached hydrogens (tertiary/aromatic N) is 1. The molecule has 1 heterocycles. The Hall–Kier alpha value is -3.07. The van der Waals surface area contributed by atoms with Crippen LogP contribution in [0.4, 0.5) is 5.69 Å². The topological polar surface area (TPSA) is 119 Å². The van der Waals surface area contributed by atoms with Gasteiger partial charge in [-0.15, -0.1) is 0 Å². The first-order chi connectivity index (χ1) is 14.3. The summed E-state index contributed by atoms with van der Waals surface area (Å²) in [5.41, 5.74) is 6.64. The largest absolute Gasteiger partial charge is 0.484 e. The van der Waals surface area contributed by atoms with Gasteiger partial charge in [0.05, 0.1) is 10.6 Å². The van der Waals surface area contributed by atoms with Crippen LogP contribution in [-0.2, 0) is 19.6 Å². The number of nitrogens with one attached hydrogen (secondary N) is 1. The predicted molar refractivity (Wildman–Crippen MR) is 112 cm³/mol. The van der Waals surface area contributed by atoms with Crippen LogP contribution in [0.2, 0.25) is 0 Å². The fourth-order valence-corrected chi connectivity index (χ4v) is 4.39. The summed E-state index contributed by atoms with van der Waals surface area (Å²) in [7, 11) is -3.73. The molecule has 0 atom stereocenters. The van der Waals surface area contributed by atoms with Crippen LogP contribution in [0.15, 0.2) is 53.4 Å². The Morgan fingerprint density at radius 1 is 1.10 bits per heavy atom. The third-order valence-corrected chi connectivity index (χ3v) is 6.52. The lowest BCUT2D eigenvalue weighted by molar-refractivity contribution is -0.136. The minimum absolute atomic E-state index is 0.0953. The minimum Gasteiger partial charge on any atom is -0.484 e. The van der Waals surface area contributed by atoms with Crippen molar-refractivity contribution in [3.63, 3.8) is 0 Å². The molecule has 9 heteroatoms. The SMILES string of the molecule is Cc1ccccc1NS(=O)(=O)c1ccc(OCC(=O)N2CCC(C(N)=O)CC2)cc1. The Balaban J connectivity index is 1.55. The van der Waals surface area contributed by atoms with Gasteiger partial charge in [-0.2, -0.15) is 0 Å². The number of aryl methyl sites for hydroxylation is 1. The third kappa shape index (κ3) is 5.29. The molecular formula is C21H25N3O5S. The molecule has 0 unspecified atom stereocenters. The van der Waals surface area contributed by atoms with Crippen molar-refractivity contribution in [3.05, 3.63) is 54.1 Å². The summed E-state index contributed by atoms with van der Waals surface area (Å²) < 4.78 is 33.2. The molecule has 8 nitrogen and oxygen atoms in total. The van der Waals surface area contributed by atoms with E-state index in [1.165, 1.54) is 24.3 Å². The van der Waals surface area contributed by atoms with Gasteiger partial charge in [0.15, 0.2) is 6.61 Å². The van der Waals surface area contributed by atoms with E-state index < -0.39 is 10.0 Å². The second-order valence-electron chi connectivity index (χ2n) is 7.24. The van der Waals surface area contributed by atoms with Crippen molar-refractivity contribution in [1.29, 1.82) is 0 Å². The lowest BCUT2D eigenvalue weighted by Crippen LogP contribution is -2.43. The highest BCUT2D eigenvalue weighted by Gasteiger charge is 2.26. The second kappa shape index (κ2) is 9.17. The number of ether oxygens (including phenoxy) is 1. The van der Waals surface area contributed by atoms with Crippen molar-refractivity contribution in [2.24, 2.45) is 11.7 Å². The molecule has 1 fully saturated rings. The number of anilines is 1. The molecule has 0 spiro atoms. The molecular weight excluding hydrogens is 406 g/mol. The van der Waals surface area contributed by atoms with Gasteiger partial charge in [0.25, 0.3) is 15.9 Å². The van der Waals surface area contributed by atoms with Crippen LogP contribution >= 0.6 is 0 Å². The molecule has 0 aliphatic carbocycles. The Morgan fingerprint density at radius 3 is 2.33 bits per heavy atom. The summed E-state index contributed by atoms with van der Waals surface area (Å²) >= 11 is 0. The lowest BCUT2D eigenvalue weighted by atomic mass is 9.96. The highest BCUT2D eigenvalue weighted by Crippen LogP contribution is 2.22. The maximum Gasteiger partial charge on any atom is 0.261 e. The molecule has 1 aliphatic heterocycles. The number of hydrogen-bond acceptors (Lipinski definition) is 5. The van der Waals surface area contributed by atoms with Gasteiger partial charge in [0.1, 0.15) is 5.75 Å². The molecule has 1 aliphatic rings. The van der Waals surface area contributed by atoms with Crippen molar-refractivity contribution in [3.8, 4) is 5.75 Å². The zero-order chi connectivity index (χ0) is 21.7. The van der Waals surface area contributed by atoms with E-state index in [1.807, 2.05) is 19.1 Å². The quantitative estimate of drug-likeness (QED) is 0.694. The number of nitrogens with two attached hydrogens (primary N) is 1. The molecule has 1 saturated heterocycles. The van der Waals surface area contributed by atoms with E-state index in [0.717, 1.165) is 5.56 Å². The van der Waals surface area contributed by atoms with E-state index in [0.29, 0.717) is 37.4 Å². The Kier molecular flexibility index (Phi) is 6.61. The van der Waals surface area contributed by atoms with Gasteiger partial charge >= 0.3 is 0 Å². The molecule has 0 aromatic heterocycles. The molecule has 0 bridgehead atoms. The summed E-state index contributed by atoms with van der Waals surface area (Å²) in [5, 5.41) is 0. The summed E-state index contributed by atoms with van der Waals surface area (Å²) in [6.45, 7) is 2.60. The molecule has 2 amide bonds. The van der Waals surface area contributed by atoms with Gasteiger partial charge in [-0.05, 0) is 55.7 Å². The molecule has 0 saturated carbocycles. The number of carbonyl (C=O) groups excluding carboxylic acids is 2. The van der Waals surface area contributed by atoms with E-state index in [1.54, 1.807) is 17.0 Å². The van der Waals surface area contributed by atoms with Gasteiger partial charge in [-0.3, -0.25) is 14.3 Å². The molecule has 3 rings (SSSR count). The monoisotopic (exact) mass is 431 g/mol. The number of primary amides is 1. The van der Waals surface area contributed by atoms with Crippen LogP contribution in [0, 0.1) is 12.8 Å². The van der Waals surface area contributed by atoms with Crippen LogP contribution in [0.5, 0.6) is 5.75 Å². The first-order valence-electron chi connectivity index (χ1n) is 9.64. The van der Waals surface area contributed by atoms with E-state index >= 15 is 0 Å². The first kappa shape index (κ1) is 21.6. The van der Waals surface area contributed by atoms with E-state index in [9.17, 15) is 18.0 Å². The van der Waals surface area contributed by atoms with Crippen molar-refractivity contribution in [1.82, 2.24) is 4.90 Å². The average Bonchev–Trinajstić information content (AvgIpc) is 2.74. The number of likely N-dealkylation sites (tertiary alicyclic amines) is 1. The number of para-hydroxylation sites is 1. The smallest absolute Gasteiger partial charge is 0.261 e. The molecule has 3 N–H and O–H groups in total. The van der Waals surface area contributed by atoms with Gasteiger partial charge in [-0.1, -0.05) is 18.2 Å². The van der Waals surface area contributed by atoms with E-state index in [4.69, 9.17) is 10.5 Å². The second-order valence-corrected chi connectivity index (χ2v) is 8.92. The fourth-order valence-electron chi connectivity index (χ4n) is 3.26. The van der Waals surface area contributed by atoms with Gasteiger partial charge in [0, 0.05) is 19.0 Å². The Labute approximate surface area is 176 Å². The standard InChI is InChI=1S/C21H25N3O5S/c1-15-4-2-3-5-19(15)23-30(27,28)18-8-6-17(7-9-18)29-14-20(25)24-12-10-16(11-13-24)21(22)26/h2-9,16,23H,10-14H2,1H3,(H2,22,26). The van der Waals surface area contributed by atoms with Gasteiger partial charge < -0.3 is 15.4 Å². The average molecular weight is 432 g/mol. The minimum atomic E-state index is -3.73. The number of piperidine rings is 1. The van der Waals surface area contributed by atoms with Gasteiger partial charge in [-0.25, -0.2) is 8.42 Å². The van der Waals surface area contributed by atoms with E-state index in [-0.39, 0.29) is 29.2 Å². The highest BCUT2D eigenvalue weighted by molar-refractivity contribution is 7.92. The summed E-state index contributed by atoms with van der Waals surface area (Å²) in [5.74, 6) is -0.302. The summed E-state index contributed by atoms with van der Waals surface area (Å²) in [6, 6.07) is 13.0. The van der Waals surface area contributed by atoms with Crippen molar-refractivity contribution in [2.45, 2.75) is 24.7 Å². The number of benzene rings is 2. The van der Waals surface area contributed by atoms with Crippen molar-refractivity contribution >= 4 is 27.5 Å². The molecule has 30 heavy (non-hydrogen) atoms. The summed E-state index contributed by atoms with van der Waals surface area (Å²) in [6.07, 6.45) is 1.11. The Morgan fingerprint density at radius 2 is 1.73 bits per heavy atom. The number of carbonyl (C=O) groups is 2. The number of rotatable bonds is 7. The number of amides is 2. The van der Waals surface area contributed by atoms with Crippen LogP contribution in [0.25, 0.3) is 0 Å². The van der Waals surface area contributed by atoms with E-state index in [2.05, 4.69) is 4.72 Å². The number of sulfonamides is 1. The van der Waals surface area contributed by atoms with Crippen LogP contribution in [0.3, 0.4) is 0 Å². The lowest BCUT2D eigenvalue weighted by Gasteiger charge is -2.30. The zero-order valence-corrected chi connectivity index (χ0v) is 17.5. The predicted octanol–water partition coefficient (Wildman–Crippen LogP) is 1.90. The third-order valence-electron chi connectivity index (χ3n) is 5.14. The zero-order valence-electron chi connectivity index (χ0n) is 16.7. The highest BCUT2D eigenvalue weighted by atomic mass is 32.2. The first-order valence-corrected chi connectivity index (χ1v) is 11.1. The van der Waals surface area contributed by atoms with Crippen LogP contribution in [0.1, 0.15) is 18.4 Å². The summed E-state index contributed by atoms with van der Waals surface area (Å²) in [4.78, 5) is 25.2. The molecule has 160 valence electrons. The molecule has 2 aromatic rings. The maximum absolute atomic E-state index is 12.6. The maximum atomic E-state index is 12.6. The fraction of sp³-hybridized carbons (Fsp3) is 0.333. The van der Waals surface area contributed by atoms with Gasteiger partial charge in [0.2, 0.25) is 5.91 Å². The normalized spacial score (nSPS) is 14.9. The Bertz CT molecular complexity index is 1010. The molecule has 2 aromatic carbocycles. The van der Waals surface area contributed by atoms with Crippen LogP contribution in [-0.4, -0.2) is 44.8 Å². The van der Waals surface area contributed by atoms with Crippen molar-refractivity contribution < 1.29 is 22.7 Å².